The summed E-state index contributed by atoms with van der Waals surface area (Å²) >= 11 is 19.0. The number of nitrogens with zero attached hydrogens (tertiary/aromatic N) is 1. The lowest BCUT2D eigenvalue weighted by Gasteiger charge is -2.04. The van der Waals surface area contributed by atoms with E-state index in [-0.39, 0.29) is 0 Å². The third kappa shape index (κ3) is 3.42. The first-order valence-corrected chi connectivity index (χ1v) is 6.55. The summed E-state index contributed by atoms with van der Waals surface area (Å²) in [4.78, 5) is 5.08. The molecule has 0 spiro atoms. The fourth-order valence-electron chi connectivity index (χ4n) is 1.20. The van der Waals surface area contributed by atoms with Gasteiger partial charge >= 0.3 is 0 Å². The first-order valence-electron chi connectivity index (χ1n) is 4.60. The second-order valence-corrected chi connectivity index (χ2v) is 5.53. The molecule has 2 N–H and O–H groups in total. The Labute approximate surface area is 118 Å². The number of rotatable bonds is 2. The first-order chi connectivity index (χ1) is 8.04. The Bertz CT molecular complexity index is 540. The summed E-state index contributed by atoms with van der Waals surface area (Å²) in [5, 5.41) is 2.11. The summed E-state index contributed by atoms with van der Waals surface area (Å²) in [6.45, 7) is 0. The lowest BCUT2D eigenvalue weighted by Crippen LogP contribution is -1.88. The van der Waals surface area contributed by atoms with Crippen molar-refractivity contribution in [2.45, 2.75) is 9.92 Å². The standard InChI is InChI=1S/C11H7Cl3N2S/c12-8-2-1-7(5-9(8)13)17-11-4-6(15)3-10(14)16-11/h1-5H,(H2,15,16). The predicted octanol–water partition coefficient (Wildman–Crippen LogP) is 4.78. The molecule has 2 rings (SSSR count). The van der Waals surface area contributed by atoms with Crippen molar-refractivity contribution in [3.05, 3.63) is 45.5 Å². The molecule has 0 atom stereocenters. The van der Waals surface area contributed by atoms with Gasteiger partial charge in [0.15, 0.2) is 0 Å². The smallest absolute Gasteiger partial charge is 0.132 e. The van der Waals surface area contributed by atoms with Crippen molar-refractivity contribution in [2.75, 3.05) is 5.73 Å². The Morgan fingerprint density at radius 2 is 1.76 bits per heavy atom. The predicted molar refractivity (Wildman–Crippen MR) is 74.2 cm³/mol. The fourth-order valence-corrected chi connectivity index (χ4v) is 2.73. The maximum Gasteiger partial charge on any atom is 0.132 e. The number of anilines is 1. The molecule has 0 amide bonds. The van der Waals surface area contributed by atoms with Crippen LogP contribution in [0, 0.1) is 0 Å². The molecule has 0 aliphatic heterocycles. The van der Waals surface area contributed by atoms with E-state index in [9.17, 15) is 0 Å². The Balaban J connectivity index is 2.28. The van der Waals surface area contributed by atoms with Gasteiger partial charge in [-0.25, -0.2) is 4.98 Å². The number of benzene rings is 1. The number of pyridine rings is 1. The van der Waals surface area contributed by atoms with E-state index in [1.807, 2.05) is 6.07 Å². The van der Waals surface area contributed by atoms with Crippen LogP contribution >= 0.6 is 46.6 Å². The zero-order valence-corrected chi connectivity index (χ0v) is 11.5. The molecule has 1 aromatic carbocycles. The van der Waals surface area contributed by atoms with Crippen molar-refractivity contribution < 1.29 is 0 Å². The number of aromatic nitrogens is 1. The molecule has 0 aliphatic rings. The van der Waals surface area contributed by atoms with Gasteiger partial charge in [0.25, 0.3) is 0 Å². The summed E-state index contributed by atoms with van der Waals surface area (Å²) in [6, 6.07) is 8.71. The molecule has 0 bridgehead atoms. The van der Waals surface area contributed by atoms with Gasteiger partial charge in [-0.15, -0.1) is 0 Å². The summed E-state index contributed by atoms with van der Waals surface area (Å²) in [5.74, 6) is 0. The lowest BCUT2D eigenvalue weighted by molar-refractivity contribution is 1.14. The minimum atomic E-state index is 0.368. The molecule has 1 heterocycles. The summed E-state index contributed by atoms with van der Waals surface area (Å²) in [5.41, 5.74) is 6.26. The highest BCUT2D eigenvalue weighted by molar-refractivity contribution is 7.99. The van der Waals surface area contributed by atoms with Crippen LogP contribution in [0.5, 0.6) is 0 Å². The van der Waals surface area contributed by atoms with Crippen molar-refractivity contribution in [1.82, 2.24) is 4.98 Å². The van der Waals surface area contributed by atoms with Gasteiger partial charge in [-0.2, -0.15) is 0 Å². The quantitative estimate of drug-likeness (QED) is 0.812. The summed E-state index contributed by atoms with van der Waals surface area (Å²) in [7, 11) is 0. The van der Waals surface area contributed by atoms with E-state index in [4.69, 9.17) is 40.5 Å². The van der Waals surface area contributed by atoms with Gasteiger partial charge in [0, 0.05) is 10.6 Å². The third-order valence-electron chi connectivity index (χ3n) is 1.91. The lowest BCUT2D eigenvalue weighted by atomic mass is 10.4. The van der Waals surface area contributed by atoms with Crippen molar-refractivity contribution >= 4 is 52.3 Å². The number of nitrogens with two attached hydrogens (primary N) is 1. The van der Waals surface area contributed by atoms with Gasteiger partial charge in [-0.1, -0.05) is 46.6 Å². The van der Waals surface area contributed by atoms with Gasteiger partial charge in [0.2, 0.25) is 0 Å². The number of hydrogen-bond acceptors (Lipinski definition) is 3. The van der Waals surface area contributed by atoms with Gasteiger partial charge < -0.3 is 5.73 Å². The van der Waals surface area contributed by atoms with Crippen LogP contribution in [0.15, 0.2) is 40.3 Å². The topological polar surface area (TPSA) is 38.9 Å². The molecular formula is C11H7Cl3N2S. The molecule has 2 nitrogen and oxygen atoms in total. The number of halogens is 3. The second kappa shape index (κ2) is 5.36. The molecule has 17 heavy (non-hydrogen) atoms. The Morgan fingerprint density at radius 1 is 1.00 bits per heavy atom. The molecular weight excluding hydrogens is 299 g/mol. The monoisotopic (exact) mass is 304 g/mol. The van der Waals surface area contributed by atoms with E-state index in [1.54, 1.807) is 24.3 Å². The van der Waals surface area contributed by atoms with Gasteiger partial charge in [-0.05, 0) is 30.3 Å². The second-order valence-electron chi connectivity index (χ2n) is 3.24. The largest absolute Gasteiger partial charge is 0.399 e. The van der Waals surface area contributed by atoms with Crippen LogP contribution in [-0.2, 0) is 0 Å². The average molecular weight is 306 g/mol. The Kier molecular flexibility index (Phi) is 4.05. The number of hydrogen-bond donors (Lipinski definition) is 1. The SMILES string of the molecule is Nc1cc(Cl)nc(Sc2ccc(Cl)c(Cl)c2)c1. The van der Waals surface area contributed by atoms with E-state index in [0.717, 1.165) is 4.90 Å². The van der Waals surface area contributed by atoms with Gasteiger partial charge in [-0.3, -0.25) is 0 Å². The minimum absolute atomic E-state index is 0.368. The summed E-state index contributed by atoms with van der Waals surface area (Å²) < 4.78 is 0. The van der Waals surface area contributed by atoms with E-state index in [1.165, 1.54) is 11.8 Å². The van der Waals surface area contributed by atoms with Crippen LogP contribution in [-0.4, -0.2) is 4.98 Å². The highest BCUT2D eigenvalue weighted by atomic mass is 35.5. The highest BCUT2D eigenvalue weighted by Crippen LogP contribution is 2.32. The normalized spacial score (nSPS) is 10.5. The van der Waals surface area contributed by atoms with Crippen LogP contribution in [0.1, 0.15) is 0 Å². The molecule has 0 unspecified atom stereocenters. The van der Waals surface area contributed by atoms with Crippen LogP contribution in [0.25, 0.3) is 0 Å². The molecule has 88 valence electrons. The van der Waals surface area contributed by atoms with Crippen molar-refractivity contribution in [3.63, 3.8) is 0 Å². The average Bonchev–Trinajstić information content (AvgIpc) is 2.22. The molecule has 0 radical (unpaired) electrons. The third-order valence-corrected chi connectivity index (χ3v) is 3.75. The van der Waals surface area contributed by atoms with E-state index >= 15 is 0 Å². The van der Waals surface area contributed by atoms with Crippen molar-refractivity contribution in [2.24, 2.45) is 0 Å². The van der Waals surface area contributed by atoms with E-state index in [0.29, 0.717) is 25.9 Å². The van der Waals surface area contributed by atoms with Gasteiger partial charge in [0.05, 0.1) is 10.0 Å². The molecule has 0 saturated heterocycles. The molecule has 1 aromatic heterocycles. The molecule has 0 saturated carbocycles. The molecule has 0 fully saturated rings. The van der Waals surface area contributed by atoms with Crippen molar-refractivity contribution in [1.29, 1.82) is 0 Å². The molecule has 6 heteroatoms. The molecule has 0 aliphatic carbocycles. The fraction of sp³-hybridized carbons (Fsp3) is 0. The van der Waals surface area contributed by atoms with Crippen LogP contribution < -0.4 is 5.73 Å². The van der Waals surface area contributed by atoms with Crippen LogP contribution in [0.3, 0.4) is 0 Å². The van der Waals surface area contributed by atoms with Crippen LogP contribution in [0.4, 0.5) is 5.69 Å². The minimum Gasteiger partial charge on any atom is -0.399 e. The Morgan fingerprint density at radius 3 is 2.41 bits per heavy atom. The summed E-state index contributed by atoms with van der Waals surface area (Å²) in [6.07, 6.45) is 0. The van der Waals surface area contributed by atoms with Crippen molar-refractivity contribution in [3.8, 4) is 0 Å². The molecule has 2 aromatic rings. The van der Waals surface area contributed by atoms with E-state index < -0.39 is 0 Å². The van der Waals surface area contributed by atoms with Crippen LogP contribution in [0.2, 0.25) is 15.2 Å². The zero-order chi connectivity index (χ0) is 12.4. The maximum atomic E-state index is 5.93. The Hall–Kier alpha value is -0.610. The van der Waals surface area contributed by atoms with E-state index in [2.05, 4.69) is 4.98 Å². The number of nitrogen functional groups attached to an aromatic ring is 1. The maximum absolute atomic E-state index is 5.93. The highest BCUT2D eigenvalue weighted by Gasteiger charge is 2.04. The van der Waals surface area contributed by atoms with Gasteiger partial charge in [0.1, 0.15) is 10.2 Å². The zero-order valence-electron chi connectivity index (χ0n) is 8.45. The first kappa shape index (κ1) is 12.8.